The van der Waals surface area contributed by atoms with Crippen molar-refractivity contribution in [3.05, 3.63) is 17.0 Å². The molecule has 4 nitrogen and oxygen atoms in total. The van der Waals surface area contributed by atoms with Crippen molar-refractivity contribution in [1.82, 2.24) is 0 Å². The van der Waals surface area contributed by atoms with Crippen LogP contribution in [0.2, 0.25) is 0 Å². The first-order valence-corrected chi connectivity index (χ1v) is 8.21. The maximum absolute atomic E-state index is 12.4. The molecular weight excluding hydrogens is 286 g/mol. The predicted molar refractivity (Wildman–Crippen MR) is 84.9 cm³/mol. The average Bonchev–Trinajstić information content (AvgIpc) is 2.84. The number of anilines is 1. The first kappa shape index (κ1) is 16.2. The third-order valence-corrected chi connectivity index (χ3v) is 4.51. The number of amides is 1. The molecule has 0 saturated carbocycles. The van der Waals surface area contributed by atoms with Gasteiger partial charge in [0.25, 0.3) is 0 Å². The van der Waals surface area contributed by atoms with Gasteiger partial charge in [0.2, 0.25) is 5.91 Å². The summed E-state index contributed by atoms with van der Waals surface area (Å²) >= 11 is 1.40. The summed E-state index contributed by atoms with van der Waals surface area (Å²) in [6.45, 7) is 8.27. The molecule has 1 N–H and O–H groups in total. The first-order chi connectivity index (χ1) is 9.79. The second kappa shape index (κ2) is 6.28. The molecule has 1 fully saturated rings. The van der Waals surface area contributed by atoms with E-state index in [4.69, 9.17) is 4.74 Å². The van der Waals surface area contributed by atoms with E-state index in [1.165, 1.54) is 11.3 Å². The fourth-order valence-electron chi connectivity index (χ4n) is 2.44. The Balaban J connectivity index is 2.08. The van der Waals surface area contributed by atoms with Gasteiger partial charge in [0.15, 0.2) is 5.78 Å². The van der Waals surface area contributed by atoms with Crippen molar-refractivity contribution in [3.8, 4) is 0 Å². The van der Waals surface area contributed by atoms with Crippen LogP contribution >= 0.6 is 11.3 Å². The van der Waals surface area contributed by atoms with Crippen molar-refractivity contribution in [3.63, 3.8) is 0 Å². The molecule has 0 unspecified atom stereocenters. The molecule has 0 aromatic carbocycles. The molecule has 2 heterocycles. The highest BCUT2D eigenvalue weighted by atomic mass is 32.1. The molecule has 116 valence electrons. The molecule has 0 spiro atoms. The Kier molecular flexibility index (Phi) is 4.84. The first-order valence-electron chi connectivity index (χ1n) is 7.34. The van der Waals surface area contributed by atoms with Gasteiger partial charge in [-0.25, -0.2) is 0 Å². The second-order valence-corrected chi connectivity index (χ2v) is 7.55. The summed E-state index contributed by atoms with van der Waals surface area (Å²) in [6, 6.07) is 1.79. The van der Waals surface area contributed by atoms with Crippen molar-refractivity contribution in [2.24, 2.45) is 11.3 Å². The van der Waals surface area contributed by atoms with E-state index in [-0.39, 0.29) is 23.7 Å². The molecule has 1 aliphatic heterocycles. The van der Waals surface area contributed by atoms with Crippen LogP contribution in [0.4, 0.5) is 5.00 Å². The molecule has 1 saturated heterocycles. The van der Waals surface area contributed by atoms with Crippen LogP contribution in [0.3, 0.4) is 0 Å². The maximum Gasteiger partial charge on any atom is 0.228 e. The monoisotopic (exact) mass is 309 g/mol. The summed E-state index contributed by atoms with van der Waals surface area (Å²) in [5.74, 6) is 0.0170. The number of thiophene rings is 1. The number of Topliss-reactive ketones (excluding diaryl/α,β-unsaturated/α-hetero) is 1. The molecule has 0 radical (unpaired) electrons. The van der Waals surface area contributed by atoms with E-state index in [9.17, 15) is 9.59 Å². The smallest absolute Gasteiger partial charge is 0.228 e. The summed E-state index contributed by atoms with van der Waals surface area (Å²) in [5.41, 5.74) is 0.161. The molecule has 1 amide bonds. The lowest BCUT2D eigenvalue weighted by atomic mass is 9.87. The molecule has 2 rings (SSSR count). The summed E-state index contributed by atoms with van der Waals surface area (Å²) in [5, 5.41) is 5.45. The Labute approximate surface area is 129 Å². The third-order valence-electron chi connectivity index (χ3n) is 3.68. The van der Waals surface area contributed by atoms with Crippen LogP contribution in [-0.4, -0.2) is 24.4 Å². The number of hydrogen-bond acceptors (Lipinski definition) is 4. The normalized spacial score (nSPS) is 22.9. The zero-order chi connectivity index (χ0) is 15.6. The van der Waals surface area contributed by atoms with Crippen molar-refractivity contribution in [2.75, 3.05) is 11.9 Å². The largest absolute Gasteiger partial charge is 0.378 e. The van der Waals surface area contributed by atoms with Crippen molar-refractivity contribution in [2.45, 2.75) is 46.6 Å². The molecule has 21 heavy (non-hydrogen) atoms. The Hall–Kier alpha value is -1.20. The molecule has 5 heteroatoms. The zero-order valence-electron chi connectivity index (χ0n) is 13.1. The van der Waals surface area contributed by atoms with Crippen molar-refractivity contribution >= 4 is 28.0 Å². The lowest BCUT2D eigenvalue weighted by Gasteiger charge is -2.26. The van der Waals surface area contributed by atoms with Crippen LogP contribution < -0.4 is 5.32 Å². The Morgan fingerprint density at radius 1 is 1.38 bits per heavy atom. The minimum atomic E-state index is -0.451. The lowest BCUT2D eigenvalue weighted by molar-refractivity contribution is -0.124. The molecule has 0 bridgehead atoms. The molecular formula is C16H23NO3S. The standard InChI is InChI=1S/C16H23NO3S/c1-10-9-11(5-7-20-10)14(19)17-15-12(6-8-21-15)13(18)16(2,3)4/h6,8,10-11H,5,7,9H2,1-4H3,(H,17,19)/t10-,11+/m0/s1. The molecule has 1 aliphatic rings. The van der Waals surface area contributed by atoms with E-state index in [1.807, 2.05) is 33.1 Å². The summed E-state index contributed by atoms with van der Waals surface area (Å²) in [4.78, 5) is 24.8. The number of hydrogen-bond donors (Lipinski definition) is 1. The van der Waals surface area contributed by atoms with Crippen LogP contribution in [0, 0.1) is 11.3 Å². The van der Waals surface area contributed by atoms with Gasteiger partial charge in [-0.1, -0.05) is 20.8 Å². The van der Waals surface area contributed by atoms with E-state index in [0.717, 1.165) is 12.8 Å². The Morgan fingerprint density at radius 3 is 2.71 bits per heavy atom. The van der Waals surface area contributed by atoms with Crippen LogP contribution in [0.1, 0.15) is 50.9 Å². The van der Waals surface area contributed by atoms with E-state index < -0.39 is 5.41 Å². The average molecular weight is 309 g/mol. The van der Waals surface area contributed by atoms with E-state index in [0.29, 0.717) is 17.2 Å². The fraction of sp³-hybridized carbons (Fsp3) is 0.625. The number of nitrogens with one attached hydrogen (secondary N) is 1. The minimum absolute atomic E-state index is 0.00411. The van der Waals surface area contributed by atoms with Crippen molar-refractivity contribution in [1.29, 1.82) is 0 Å². The maximum atomic E-state index is 12.4. The second-order valence-electron chi connectivity index (χ2n) is 6.63. The van der Waals surface area contributed by atoms with Crippen LogP contribution in [0.15, 0.2) is 11.4 Å². The summed E-state index contributed by atoms with van der Waals surface area (Å²) in [6.07, 6.45) is 1.60. The van der Waals surface area contributed by atoms with E-state index >= 15 is 0 Å². The number of carbonyl (C=O) groups excluding carboxylic acids is 2. The Bertz CT molecular complexity index is 530. The van der Waals surface area contributed by atoms with Gasteiger partial charge in [-0.2, -0.15) is 0 Å². The van der Waals surface area contributed by atoms with Crippen LogP contribution in [0.25, 0.3) is 0 Å². The lowest BCUT2D eigenvalue weighted by Crippen LogP contribution is -2.32. The van der Waals surface area contributed by atoms with Gasteiger partial charge in [0.1, 0.15) is 5.00 Å². The summed E-state index contributed by atoms with van der Waals surface area (Å²) in [7, 11) is 0. The van der Waals surface area contributed by atoms with Gasteiger partial charge in [0, 0.05) is 17.9 Å². The topological polar surface area (TPSA) is 55.4 Å². The van der Waals surface area contributed by atoms with Gasteiger partial charge in [-0.05, 0) is 31.2 Å². The van der Waals surface area contributed by atoms with Gasteiger partial charge in [-0.3, -0.25) is 9.59 Å². The Morgan fingerprint density at radius 2 is 2.10 bits per heavy atom. The number of ether oxygens (including phenoxy) is 1. The van der Waals surface area contributed by atoms with Gasteiger partial charge in [-0.15, -0.1) is 11.3 Å². The third kappa shape index (κ3) is 3.92. The zero-order valence-corrected chi connectivity index (χ0v) is 13.9. The number of carbonyl (C=O) groups is 2. The highest BCUT2D eigenvalue weighted by molar-refractivity contribution is 7.14. The number of rotatable bonds is 3. The molecule has 1 aromatic heterocycles. The molecule has 2 atom stereocenters. The van der Waals surface area contributed by atoms with Gasteiger partial charge >= 0.3 is 0 Å². The predicted octanol–water partition coefficient (Wildman–Crippen LogP) is 3.73. The van der Waals surface area contributed by atoms with E-state index in [1.54, 1.807) is 6.07 Å². The van der Waals surface area contributed by atoms with Crippen LogP contribution in [0.5, 0.6) is 0 Å². The molecule has 0 aliphatic carbocycles. The quantitative estimate of drug-likeness (QED) is 0.866. The van der Waals surface area contributed by atoms with Crippen molar-refractivity contribution < 1.29 is 14.3 Å². The SMILES string of the molecule is C[C@H]1C[C@H](C(=O)Nc2sccc2C(=O)C(C)(C)C)CCO1. The number of ketones is 1. The molecule has 1 aromatic rings. The minimum Gasteiger partial charge on any atom is -0.378 e. The fourth-order valence-corrected chi connectivity index (χ4v) is 3.23. The van der Waals surface area contributed by atoms with Crippen LogP contribution in [-0.2, 0) is 9.53 Å². The highest BCUT2D eigenvalue weighted by Gasteiger charge is 2.29. The van der Waals surface area contributed by atoms with E-state index in [2.05, 4.69) is 5.32 Å². The highest BCUT2D eigenvalue weighted by Crippen LogP contribution is 2.31. The van der Waals surface area contributed by atoms with Gasteiger partial charge < -0.3 is 10.1 Å². The summed E-state index contributed by atoms with van der Waals surface area (Å²) < 4.78 is 5.47. The van der Waals surface area contributed by atoms with Gasteiger partial charge in [0.05, 0.1) is 11.7 Å².